The van der Waals surface area contributed by atoms with Crippen molar-refractivity contribution in [2.24, 2.45) is 0 Å². The van der Waals surface area contributed by atoms with E-state index in [1.807, 2.05) is 48.5 Å². The van der Waals surface area contributed by atoms with Crippen molar-refractivity contribution in [2.75, 3.05) is 26.2 Å². The molecule has 0 saturated carbocycles. The van der Waals surface area contributed by atoms with Crippen molar-refractivity contribution >= 4 is 17.1 Å². The van der Waals surface area contributed by atoms with E-state index in [-0.39, 0.29) is 6.09 Å². The van der Waals surface area contributed by atoms with Gasteiger partial charge in [0, 0.05) is 38.9 Å². The Morgan fingerprint density at radius 1 is 0.938 bits per heavy atom. The van der Waals surface area contributed by atoms with E-state index >= 15 is 0 Å². The molecule has 0 unspecified atom stereocenters. The predicted octanol–water partition coefficient (Wildman–Crippen LogP) is 4.08. The number of hydrogen-bond acceptors (Lipinski definition) is 5. The molecule has 0 atom stereocenters. The molecule has 7 nitrogen and oxygen atoms in total. The number of H-pyrrole nitrogens is 1. The number of hydrogen-bond donors (Lipinski definition) is 1. The molecule has 0 aliphatic carbocycles. The van der Waals surface area contributed by atoms with E-state index in [0.29, 0.717) is 19.7 Å². The van der Waals surface area contributed by atoms with Crippen LogP contribution in [0.4, 0.5) is 4.79 Å². The molecule has 0 spiro atoms. The number of nitrogens with one attached hydrogen (secondary N) is 1. The number of pyridine rings is 1. The molecule has 1 N–H and O–H groups in total. The highest BCUT2D eigenvalue weighted by Gasteiger charge is 2.22. The van der Waals surface area contributed by atoms with Gasteiger partial charge in [-0.3, -0.25) is 9.88 Å². The van der Waals surface area contributed by atoms with Gasteiger partial charge in [0.05, 0.1) is 11.0 Å². The van der Waals surface area contributed by atoms with Crippen LogP contribution in [0.15, 0.2) is 72.9 Å². The van der Waals surface area contributed by atoms with E-state index in [1.165, 1.54) is 5.56 Å². The second kappa shape index (κ2) is 9.20. The van der Waals surface area contributed by atoms with Crippen LogP contribution in [0.5, 0.6) is 0 Å². The van der Waals surface area contributed by atoms with Crippen molar-refractivity contribution in [2.45, 2.75) is 13.2 Å². The first kappa shape index (κ1) is 20.2. The van der Waals surface area contributed by atoms with Crippen molar-refractivity contribution in [3.63, 3.8) is 0 Å². The smallest absolute Gasteiger partial charge is 0.410 e. The van der Waals surface area contributed by atoms with Gasteiger partial charge in [0.2, 0.25) is 0 Å². The average molecular weight is 428 g/mol. The highest BCUT2D eigenvalue weighted by Crippen LogP contribution is 2.20. The second-order valence-corrected chi connectivity index (χ2v) is 7.96. The molecule has 4 aromatic rings. The molecule has 0 radical (unpaired) electrons. The van der Waals surface area contributed by atoms with Crippen LogP contribution in [0.2, 0.25) is 0 Å². The average Bonchev–Trinajstić information content (AvgIpc) is 3.28. The maximum Gasteiger partial charge on any atom is 0.410 e. The number of imidazole rings is 1. The molecule has 3 heterocycles. The van der Waals surface area contributed by atoms with Gasteiger partial charge in [-0.25, -0.2) is 9.78 Å². The topological polar surface area (TPSA) is 74.3 Å². The maximum atomic E-state index is 12.4. The van der Waals surface area contributed by atoms with Crippen molar-refractivity contribution < 1.29 is 9.53 Å². The zero-order valence-corrected chi connectivity index (χ0v) is 17.8. The zero-order valence-electron chi connectivity index (χ0n) is 17.8. The van der Waals surface area contributed by atoms with Gasteiger partial charge in [-0.05, 0) is 35.4 Å². The Hall–Kier alpha value is -3.71. The lowest BCUT2D eigenvalue weighted by Gasteiger charge is -2.34. The Balaban J connectivity index is 1.16. The lowest BCUT2D eigenvalue weighted by Crippen LogP contribution is -2.48. The van der Waals surface area contributed by atoms with Gasteiger partial charge in [0.25, 0.3) is 0 Å². The quantitative estimate of drug-likeness (QED) is 0.520. The van der Waals surface area contributed by atoms with Gasteiger partial charge in [-0.1, -0.05) is 42.5 Å². The first-order chi connectivity index (χ1) is 15.7. The largest absolute Gasteiger partial charge is 0.445 e. The molecule has 1 fully saturated rings. The first-order valence-electron chi connectivity index (χ1n) is 10.8. The van der Waals surface area contributed by atoms with Crippen LogP contribution in [0.3, 0.4) is 0 Å². The molecule has 2 aromatic carbocycles. The molecule has 1 aliphatic heterocycles. The van der Waals surface area contributed by atoms with Gasteiger partial charge in [-0.15, -0.1) is 0 Å². The summed E-state index contributed by atoms with van der Waals surface area (Å²) in [7, 11) is 0. The molecular formula is C25H25N5O2. The summed E-state index contributed by atoms with van der Waals surface area (Å²) in [6, 6.07) is 21.9. The maximum absolute atomic E-state index is 12.4. The highest BCUT2D eigenvalue weighted by atomic mass is 16.6. The van der Waals surface area contributed by atoms with Crippen molar-refractivity contribution in [1.82, 2.24) is 24.8 Å². The molecule has 7 heteroatoms. The van der Waals surface area contributed by atoms with Gasteiger partial charge >= 0.3 is 6.09 Å². The SMILES string of the molecule is O=C(OCc1ccccc1)N1CCN(Cc2ccc3[nH]c(-c4ccccn4)nc3c2)CC1. The number of aromatic nitrogens is 3. The standard InChI is InChI=1S/C25H25N5O2/c31-25(32-18-19-6-2-1-3-7-19)30-14-12-29(13-15-30)17-20-9-10-21-23(16-20)28-24(27-21)22-8-4-5-11-26-22/h1-11,16H,12-15,17-18H2,(H,27,28). The van der Waals surface area contributed by atoms with Crippen LogP contribution in [0.1, 0.15) is 11.1 Å². The number of ether oxygens (including phenoxy) is 1. The monoisotopic (exact) mass is 427 g/mol. The number of rotatable bonds is 5. The van der Waals surface area contributed by atoms with Crippen LogP contribution >= 0.6 is 0 Å². The van der Waals surface area contributed by atoms with Crippen molar-refractivity contribution in [3.8, 4) is 11.5 Å². The Kier molecular flexibility index (Phi) is 5.81. The molecule has 162 valence electrons. The minimum Gasteiger partial charge on any atom is -0.445 e. The molecule has 1 amide bonds. The van der Waals surface area contributed by atoms with Gasteiger partial charge in [0.15, 0.2) is 5.82 Å². The fraction of sp³-hybridized carbons (Fsp3) is 0.240. The number of aromatic amines is 1. The molecule has 32 heavy (non-hydrogen) atoms. The summed E-state index contributed by atoms with van der Waals surface area (Å²) in [4.78, 5) is 28.9. The summed E-state index contributed by atoms with van der Waals surface area (Å²) in [5.41, 5.74) is 4.98. The minimum atomic E-state index is -0.242. The van der Waals surface area contributed by atoms with E-state index in [2.05, 4.69) is 33.1 Å². The third-order valence-electron chi connectivity index (χ3n) is 5.70. The van der Waals surface area contributed by atoms with Crippen LogP contribution in [0.25, 0.3) is 22.6 Å². The number of carbonyl (C=O) groups excluding carboxylic acids is 1. The Labute approximate surface area is 186 Å². The molecule has 5 rings (SSSR count). The minimum absolute atomic E-state index is 0.242. The van der Waals surface area contributed by atoms with Crippen LogP contribution in [-0.2, 0) is 17.9 Å². The second-order valence-electron chi connectivity index (χ2n) is 7.96. The molecule has 1 saturated heterocycles. The first-order valence-corrected chi connectivity index (χ1v) is 10.8. The lowest BCUT2D eigenvalue weighted by molar-refractivity contribution is 0.0700. The van der Waals surface area contributed by atoms with E-state index < -0.39 is 0 Å². The molecule has 0 bridgehead atoms. The lowest BCUT2D eigenvalue weighted by atomic mass is 10.1. The Morgan fingerprint density at radius 2 is 1.75 bits per heavy atom. The summed E-state index contributed by atoms with van der Waals surface area (Å²) in [5, 5.41) is 0. The number of nitrogens with zero attached hydrogens (tertiary/aromatic N) is 4. The number of amides is 1. The molecular weight excluding hydrogens is 402 g/mol. The number of fused-ring (bicyclic) bond motifs is 1. The Morgan fingerprint density at radius 3 is 2.53 bits per heavy atom. The van der Waals surface area contributed by atoms with Gasteiger partial charge in [0.1, 0.15) is 12.3 Å². The van der Waals surface area contributed by atoms with Crippen LogP contribution in [0, 0.1) is 0 Å². The van der Waals surface area contributed by atoms with Crippen molar-refractivity contribution in [1.29, 1.82) is 0 Å². The predicted molar refractivity (Wildman–Crippen MR) is 123 cm³/mol. The zero-order chi connectivity index (χ0) is 21.8. The third kappa shape index (κ3) is 4.63. The Bertz CT molecular complexity index is 1180. The fourth-order valence-corrected chi connectivity index (χ4v) is 3.93. The normalized spacial score (nSPS) is 14.6. The molecule has 2 aromatic heterocycles. The fourth-order valence-electron chi connectivity index (χ4n) is 3.93. The summed E-state index contributed by atoms with van der Waals surface area (Å²) in [6.45, 7) is 4.11. The number of carbonyl (C=O) groups is 1. The van der Waals surface area contributed by atoms with Crippen LogP contribution < -0.4 is 0 Å². The van der Waals surface area contributed by atoms with Gasteiger partial charge < -0.3 is 14.6 Å². The third-order valence-corrected chi connectivity index (χ3v) is 5.70. The summed E-state index contributed by atoms with van der Waals surface area (Å²) >= 11 is 0. The summed E-state index contributed by atoms with van der Waals surface area (Å²) < 4.78 is 5.46. The van der Waals surface area contributed by atoms with Crippen molar-refractivity contribution in [3.05, 3.63) is 84.1 Å². The van der Waals surface area contributed by atoms with E-state index in [1.54, 1.807) is 11.1 Å². The molecule has 1 aliphatic rings. The van der Waals surface area contributed by atoms with E-state index in [9.17, 15) is 4.79 Å². The summed E-state index contributed by atoms with van der Waals surface area (Å²) in [5.74, 6) is 0.778. The van der Waals surface area contributed by atoms with E-state index in [0.717, 1.165) is 47.7 Å². The van der Waals surface area contributed by atoms with E-state index in [4.69, 9.17) is 9.72 Å². The number of benzene rings is 2. The summed E-state index contributed by atoms with van der Waals surface area (Å²) in [6.07, 6.45) is 1.53. The number of piperazine rings is 1. The highest BCUT2D eigenvalue weighted by molar-refractivity contribution is 5.79. The van der Waals surface area contributed by atoms with Crippen LogP contribution in [-0.4, -0.2) is 57.0 Å². The van der Waals surface area contributed by atoms with Gasteiger partial charge in [-0.2, -0.15) is 0 Å².